The smallest absolute Gasteiger partial charge is 0.118 e. The Morgan fingerprint density at radius 3 is 2.06 bits per heavy atom. The maximum Gasteiger partial charge on any atom is 0.118 e. The van der Waals surface area contributed by atoms with Crippen LogP contribution in [0, 0.1) is 20.8 Å². The highest BCUT2D eigenvalue weighted by Gasteiger charge is 2.21. The van der Waals surface area contributed by atoms with E-state index >= 15 is 0 Å². The first-order chi connectivity index (χ1) is 8.30. The van der Waals surface area contributed by atoms with E-state index in [-0.39, 0.29) is 5.41 Å². The van der Waals surface area contributed by atoms with Crippen molar-refractivity contribution in [3.05, 3.63) is 47.0 Å². The van der Waals surface area contributed by atoms with E-state index in [0.717, 1.165) is 5.82 Å². The normalized spacial score (nSPS) is 11.9. The number of hydrogen-bond donors (Lipinski definition) is 0. The third-order valence-corrected chi connectivity index (χ3v) is 3.19. The van der Waals surface area contributed by atoms with Gasteiger partial charge in [0, 0.05) is 17.8 Å². The van der Waals surface area contributed by atoms with Crippen molar-refractivity contribution in [2.45, 2.75) is 47.0 Å². The molecule has 2 rings (SSSR count). The first-order valence-corrected chi connectivity index (χ1v) is 6.43. The minimum atomic E-state index is 0.0489. The second-order valence-electron chi connectivity index (χ2n) is 6.12. The summed E-state index contributed by atoms with van der Waals surface area (Å²) in [5.41, 5.74) is 5.23. The predicted molar refractivity (Wildman–Crippen MR) is 76.5 cm³/mol. The zero-order chi connectivity index (χ0) is 13.5. The highest BCUT2D eigenvalue weighted by molar-refractivity contribution is 5.50. The molecule has 1 aromatic carbocycles. The van der Waals surface area contributed by atoms with Crippen molar-refractivity contribution in [2.75, 3.05) is 0 Å². The number of aryl methyl sites for hydroxylation is 3. The van der Waals surface area contributed by atoms with E-state index in [4.69, 9.17) is 0 Å². The molecule has 2 heteroatoms. The molecule has 18 heavy (non-hydrogen) atoms. The summed E-state index contributed by atoms with van der Waals surface area (Å²) in [6.45, 7) is 13.1. The summed E-state index contributed by atoms with van der Waals surface area (Å²) in [5.74, 6) is 1.11. The van der Waals surface area contributed by atoms with Crippen LogP contribution in [0.3, 0.4) is 0 Å². The molecule has 0 N–H and O–H groups in total. The second kappa shape index (κ2) is 4.27. The molecule has 0 spiro atoms. The Kier molecular flexibility index (Phi) is 3.05. The topological polar surface area (TPSA) is 17.8 Å². The van der Waals surface area contributed by atoms with Crippen molar-refractivity contribution < 1.29 is 0 Å². The quantitative estimate of drug-likeness (QED) is 0.736. The fraction of sp³-hybridized carbons (Fsp3) is 0.438. The van der Waals surface area contributed by atoms with Crippen LogP contribution in [0.1, 0.15) is 43.3 Å². The molecular formula is C16H22N2. The predicted octanol–water partition coefficient (Wildman–Crippen LogP) is 4.10. The lowest BCUT2D eigenvalue weighted by molar-refractivity contribution is 0.535. The molecule has 0 saturated heterocycles. The van der Waals surface area contributed by atoms with Gasteiger partial charge in [0.15, 0.2) is 0 Å². The number of aromatic nitrogens is 2. The summed E-state index contributed by atoms with van der Waals surface area (Å²) < 4.78 is 2.23. The van der Waals surface area contributed by atoms with Gasteiger partial charge in [-0.25, -0.2) is 4.98 Å². The van der Waals surface area contributed by atoms with Gasteiger partial charge in [0.2, 0.25) is 0 Å². The van der Waals surface area contributed by atoms with Gasteiger partial charge in [-0.05, 0) is 31.9 Å². The molecule has 2 aromatic rings. The van der Waals surface area contributed by atoms with Crippen molar-refractivity contribution in [1.29, 1.82) is 0 Å². The summed E-state index contributed by atoms with van der Waals surface area (Å²) in [6.07, 6.45) is 3.95. The Bertz CT molecular complexity index is 548. The highest BCUT2D eigenvalue weighted by Crippen LogP contribution is 2.27. The highest BCUT2D eigenvalue weighted by atomic mass is 15.1. The van der Waals surface area contributed by atoms with Gasteiger partial charge in [-0.1, -0.05) is 38.5 Å². The molecule has 0 saturated carbocycles. The van der Waals surface area contributed by atoms with Crippen molar-refractivity contribution in [3.8, 4) is 5.69 Å². The average molecular weight is 242 g/mol. The van der Waals surface area contributed by atoms with Gasteiger partial charge in [-0.2, -0.15) is 0 Å². The first-order valence-electron chi connectivity index (χ1n) is 6.43. The van der Waals surface area contributed by atoms with Crippen molar-refractivity contribution in [3.63, 3.8) is 0 Å². The van der Waals surface area contributed by atoms with Gasteiger partial charge in [0.1, 0.15) is 5.82 Å². The number of nitrogens with zero attached hydrogens (tertiary/aromatic N) is 2. The fourth-order valence-corrected chi connectivity index (χ4v) is 2.59. The van der Waals surface area contributed by atoms with E-state index in [1.165, 1.54) is 22.4 Å². The van der Waals surface area contributed by atoms with Crippen LogP contribution in [0.2, 0.25) is 0 Å². The number of imidazole rings is 1. The van der Waals surface area contributed by atoms with E-state index in [1.807, 2.05) is 6.20 Å². The molecule has 0 fully saturated rings. The van der Waals surface area contributed by atoms with Crippen LogP contribution in [0.4, 0.5) is 0 Å². The lowest BCUT2D eigenvalue weighted by Gasteiger charge is -2.22. The van der Waals surface area contributed by atoms with Crippen LogP contribution in [0.25, 0.3) is 5.69 Å². The zero-order valence-corrected chi connectivity index (χ0v) is 12.2. The summed E-state index contributed by atoms with van der Waals surface area (Å²) in [6, 6.07) is 4.46. The van der Waals surface area contributed by atoms with Gasteiger partial charge >= 0.3 is 0 Å². The van der Waals surface area contributed by atoms with E-state index in [2.05, 4.69) is 69.4 Å². The standard InChI is InChI=1S/C16H22N2/c1-11-9-12(2)14(13(3)10-11)18-8-7-17-15(18)16(4,5)6/h7-10H,1-6H3. The molecular weight excluding hydrogens is 220 g/mol. The Morgan fingerprint density at radius 1 is 1.00 bits per heavy atom. The first kappa shape index (κ1) is 12.9. The lowest BCUT2D eigenvalue weighted by Crippen LogP contribution is -2.19. The fourth-order valence-electron chi connectivity index (χ4n) is 2.59. The van der Waals surface area contributed by atoms with Crippen LogP contribution in [0.5, 0.6) is 0 Å². The lowest BCUT2D eigenvalue weighted by atomic mass is 9.95. The van der Waals surface area contributed by atoms with Crippen LogP contribution in [-0.2, 0) is 5.41 Å². The number of rotatable bonds is 1. The van der Waals surface area contributed by atoms with Gasteiger partial charge in [0.25, 0.3) is 0 Å². The third-order valence-electron chi connectivity index (χ3n) is 3.19. The van der Waals surface area contributed by atoms with Gasteiger partial charge in [-0.15, -0.1) is 0 Å². The summed E-state index contributed by atoms with van der Waals surface area (Å²) in [7, 11) is 0. The van der Waals surface area contributed by atoms with Crippen molar-refractivity contribution in [2.24, 2.45) is 0 Å². The minimum absolute atomic E-state index is 0.0489. The SMILES string of the molecule is Cc1cc(C)c(-n2ccnc2C(C)(C)C)c(C)c1. The monoisotopic (exact) mass is 242 g/mol. The zero-order valence-electron chi connectivity index (χ0n) is 12.2. The molecule has 0 aliphatic carbocycles. The molecule has 0 aliphatic rings. The van der Waals surface area contributed by atoms with Crippen molar-refractivity contribution >= 4 is 0 Å². The van der Waals surface area contributed by atoms with Gasteiger partial charge in [0.05, 0.1) is 5.69 Å². The van der Waals surface area contributed by atoms with Crippen molar-refractivity contribution in [1.82, 2.24) is 9.55 Å². The Morgan fingerprint density at radius 2 is 1.56 bits per heavy atom. The summed E-state index contributed by atoms with van der Waals surface area (Å²) in [4.78, 5) is 4.53. The molecule has 0 unspecified atom stereocenters. The van der Waals surface area contributed by atoms with E-state index in [9.17, 15) is 0 Å². The number of benzene rings is 1. The molecule has 1 heterocycles. The van der Waals surface area contributed by atoms with Crippen LogP contribution in [-0.4, -0.2) is 9.55 Å². The van der Waals surface area contributed by atoms with E-state index in [1.54, 1.807) is 0 Å². The maximum absolute atomic E-state index is 4.53. The van der Waals surface area contributed by atoms with Crippen LogP contribution in [0.15, 0.2) is 24.5 Å². The molecule has 0 radical (unpaired) electrons. The maximum atomic E-state index is 4.53. The molecule has 0 amide bonds. The largest absolute Gasteiger partial charge is 0.303 e. The van der Waals surface area contributed by atoms with Gasteiger partial charge in [-0.3, -0.25) is 0 Å². The second-order valence-corrected chi connectivity index (χ2v) is 6.12. The molecule has 0 atom stereocenters. The molecule has 2 nitrogen and oxygen atoms in total. The Hall–Kier alpha value is -1.57. The minimum Gasteiger partial charge on any atom is -0.303 e. The Balaban J connectivity index is 2.68. The molecule has 0 bridgehead atoms. The van der Waals surface area contributed by atoms with Crippen LogP contribution >= 0.6 is 0 Å². The van der Waals surface area contributed by atoms with Crippen LogP contribution < -0.4 is 0 Å². The Labute approximate surface area is 110 Å². The van der Waals surface area contributed by atoms with Gasteiger partial charge < -0.3 is 4.57 Å². The van der Waals surface area contributed by atoms with E-state index < -0.39 is 0 Å². The average Bonchev–Trinajstić information content (AvgIpc) is 2.63. The molecule has 0 aliphatic heterocycles. The number of hydrogen-bond acceptors (Lipinski definition) is 1. The van der Waals surface area contributed by atoms with E-state index in [0.29, 0.717) is 0 Å². The molecule has 1 aromatic heterocycles. The summed E-state index contributed by atoms with van der Waals surface area (Å²) in [5, 5.41) is 0. The third kappa shape index (κ3) is 2.20. The molecule has 96 valence electrons. The summed E-state index contributed by atoms with van der Waals surface area (Å²) >= 11 is 0.